The van der Waals surface area contributed by atoms with Crippen molar-refractivity contribution in [3.8, 4) is 0 Å². The summed E-state index contributed by atoms with van der Waals surface area (Å²) in [5.41, 5.74) is 4.71. The van der Waals surface area contributed by atoms with Crippen LogP contribution < -0.4 is 10.5 Å². The maximum atomic E-state index is 11.5. The summed E-state index contributed by atoms with van der Waals surface area (Å²) < 4.78 is 24.8. The highest BCUT2D eigenvalue weighted by molar-refractivity contribution is 7.90. The van der Waals surface area contributed by atoms with Crippen LogP contribution in [0.4, 0.5) is 5.69 Å². The molecular formula is C8H9N3O5S. The van der Waals surface area contributed by atoms with Crippen LogP contribution in [0.5, 0.6) is 0 Å². The first-order valence-corrected chi connectivity index (χ1v) is 5.85. The molecule has 8 nitrogen and oxygen atoms in total. The van der Waals surface area contributed by atoms with E-state index in [0.717, 1.165) is 24.3 Å². The molecule has 17 heavy (non-hydrogen) atoms. The third-order valence-electron chi connectivity index (χ3n) is 1.79. The number of non-ortho nitro benzene ring substituents is 1. The van der Waals surface area contributed by atoms with E-state index in [9.17, 15) is 23.3 Å². The number of nitro groups is 1. The smallest absolute Gasteiger partial charge is 0.269 e. The van der Waals surface area contributed by atoms with E-state index in [1.165, 1.54) is 0 Å². The van der Waals surface area contributed by atoms with Crippen LogP contribution in [0.2, 0.25) is 0 Å². The van der Waals surface area contributed by atoms with Gasteiger partial charge in [0.1, 0.15) is 0 Å². The van der Waals surface area contributed by atoms with Gasteiger partial charge in [-0.1, -0.05) is 0 Å². The Morgan fingerprint density at radius 2 is 1.88 bits per heavy atom. The quantitative estimate of drug-likeness (QED) is 0.545. The maximum absolute atomic E-state index is 11.5. The Morgan fingerprint density at radius 3 is 2.29 bits per heavy atom. The van der Waals surface area contributed by atoms with Crippen LogP contribution in [-0.2, 0) is 14.8 Å². The minimum Gasteiger partial charge on any atom is -0.322 e. The molecule has 0 heterocycles. The lowest BCUT2D eigenvalue weighted by molar-refractivity contribution is -0.384. The number of nitrogens with two attached hydrogens (primary N) is 1. The molecule has 0 aliphatic rings. The Morgan fingerprint density at radius 1 is 1.35 bits per heavy atom. The lowest BCUT2D eigenvalue weighted by atomic mass is 10.3. The minimum atomic E-state index is -4.02. The molecule has 1 rings (SSSR count). The van der Waals surface area contributed by atoms with Gasteiger partial charge >= 0.3 is 0 Å². The monoisotopic (exact) mass is 259 g/mol. The molecule has 3 N–H and O–H groups in total. The van der Waals surface area contributed by atoms with Gasteiger partial charge in [0.15, 0.2) is 0 Å². The van der Waals surface area contributed by atoms with Crippen molar-refractivity contribution in [2.24, 2.45) is 5.73 Å². The number of nitrogens with one attached hydrogen (secondary N) is 1. The fraction of sp³-hybridized carbons (Fsp3) is 0.125. The first kappa shape index (κ1) is 13.1. The van der Waals surface area contributed by atoms with Gasteiger partial charge in [0, 0.05) is 12.1 Å². The first-order valence-electron chi connectivity index (χ1n) is 4.37. The van der Waals surface area contributed by atoms with E-state index >= 15 is 0 Å². The van der Waals surface area contributed by atoms with Crippen molar-refractivity contribution in [2.45, 2.75) is 4.90 Å². The van der Waals surface area contributed by atoms with Gasteiger partial charge in [0.2, 0.25) is 5.91 Å². The highest BCUT2D eigenvalue weighted by atomic mass is 32.2. The summed E-state index contributed by atoms with van der Waals surface area (Å²) in [7, 11) is -4.02. The van der Waals surface area contributed by atoms with Gasteiger partial charge in [0.25, 0.3) is 15.7 Å². The number of nitro benzene ring substituents is 1. The predicted molar refractivity (Wildman–Crippen MR) is 57.5 cm³/mol. The molecule has 0 radical (unpaired) electrons. The van der Waals surface area contributed by atoms with Crippen LogP contribution in [0.15, 0.2) is 29.2 Å². The summed E-state index contributed by atoms with van der Waals surface area (Å²) in [6, 6.07) is 4.12. The molecule has 0 atom stereocenters. The zero-order valence-electron chi connectivity index (χ0n) is 8.49. The third-order valence-corrected chi connectivity index (χ3v) is 3.18. The van der Waals surface area contributed by atoms with E-state index < -0.39 is 27.4 Å². The van der Waals surface area contributed by atoms with E-state index in [2.05, 4.69) is 0 Å². The van der Waals surface area contributed by atoms with Crippen molar-refractivity contribution in [1.82, 2.24) is 4.72 Å². The molecule has 0 unspecified atom stereocenters. The molecule has 0 saturated heterocycles. The predicted octanol–water partition coefficient (Wildman–Crippen LogP) is -0.642. The average Bonchev–Trinajstić information content (AvgIpc) is 2.28. The summed E-state index contributed by atoms with van der Waals surface area (Å²) in [6.45, 7) is -0.466. The Bertz CT molecular complexity index is 537. The van der Waals surface area contributed by atoms with Gasteiger partial charge in [-0.15, -0.1) is 0 Å². The average molecular weight is 259 g/mol. The van der Waals surface area contributed by atoms with Gasteiger partial charge < -0.3 is 5.73 Å². The molecule has 0 spiro atoms. The van der Waals surface area contributed by atoms with Crippen LogP contribution >= 0.6 is 0 Å². The van der Waals surface area contributed by atoms with E-state index in [-0.39, 0.29) is 10.6 Å². The Hall–Kier alpha value is -2.00. The SMILES string of the molecule is NCC(=O)NS(=O)(=O)c1ccc([N+](=O)[O-])cc1. The molecule has 1 aromatic carbocycles. The van der Waals surface area contributed by atoms with Crippen molar-refractivity contribution in [2.75, 3.05) is 6.54 Å². The minimum absolute atomic E-state index is 0.242. The van der Waals surface area contributed by atoms with Crippen LogP contribution in [0, 0.1) is 10.1 Å². The zero-order valence-corrected chi connectivity index (χ0v) is 9.31. The molecule has 0 aliphatic carbocycles. The number of carbonyl (C=O) groups excluding carboxylic acids is 1. The summed E-state index contributed by atoms with van der Waals surface area (Å²) in [5, 5.41) is 10.4. The summed E-state index contributed by atoms with van der Waals surface area (Å²) in [6.07, 6.45) is 0. The van der Waals surface area contributed by atoms with Crippen molar-refractivity contribution >= 4 is 21.6 Å². The lowest BCUT2D eigenvalue weighted by Gasteiger charge is -2.04. The van der Waals surface area contributed by atoms with E-state index in [0.29, 0.717) is 0 Å². The summed E-state index contributed by atoms with van der Waals surface area (Å²) in [5.74, 6) is -0.858. The number of rotatable bonds is 4. The zero-order chi connectivity index (χ0) is 13.1. The van der Waals surface area contributed by atoms with Crippen LogP contribution in [0.25, 0.3) is 0 Å². The number of carbonyl (C=O) groups is 1. The largest absolute Gasteiger partial charge is 0.322 e. The number of hydrogen-bond acceptors (Lipinski definition) is 6. The van der Waals surface area contributed by atoms with Gasteiger partial charge in [-0.2, -0.15) is 0 Å². The van der Waals surface area contributed by atoms with Crippen LogP contribution in [0.1, 0.15) is 0 Å². The molecule has 0 aromatic heterocycles. The molecular weight excluding hydrogens is 250 g/mol. The lowest BCUT2D eigenvalue weighted by Crippen LogP contribution is -2.35. The Balaban J connectivity index is 3.00. The summed E-state index contributed by atoms with van der Waals surface area (Å²) in [4.78, 5) is 20.3. The van der Waals surface area contributed by atoms with E-state index in [4.69, 9.17) is 5.73 Å². The fourth-order valence-electron chi connectivity index (χ4n) is 0.997. The molecule has 0 saturated carbocycles. The van der Waals surface area contributed by atoms with Gasteiger partial charge in [-0.3, -0.25) is 14.9 Å². The number of amides is 1. The number of nitrogens with zero attached hydrogens (tertiary/aromatic N) is 1. The molecule has 0 aliphatic heterocycles. The van der Waals surface area contributed by atoms with Gasteiger partial charge in [-0.05, 0) is 12.1 Å². The third kappa shape index (κ3) is 3.23. The highest BCUT2D eigenvalue weighted by Gasteiger charge is 2.17. The van der Waals surface area contributed by atoms with Crippen molar-refractivity contribution < 1.29 is 18.1 Å². The number of benzene rings is 1. The maximum Gasteiger partial charge on any atom is 0.269 e. The van der Waals surface area contributed by atoms with Crippen LogP contribution in [-0.4, -0.2) is 25.8 Å². The Labute approximate surface area is 96.6 Å². The Kier molecular flexibility index (Phi) is 3.76. The second-order valence-corrected chi connectivity index (χ2v) is 4.67. The van der Waals surface area contributed by atoms with Crippen molar-refractivity contribution in [3.05, 3.63) is 34.4 Å². The molecule has 0 bridgehead atoms. The van der Waals surface area contributed by atoms with E-state index in [1.807, 2.05) is 0 Å². The molecule has 1 amide bonds. The molecule has 0 fully saturated rings. The highest BCUT2D eigenvalue weighted by Crippen LogP contribution is 2.15. The number of sulfonamides is 1. The second kappa shape index (κ2) is 4.89. The van der Waals surface area contributed by atoms with Crippen molar-refractivity contribution in [3.63, 3.8) is 0 Å². The topological polar surface area (TPSA) is 132 Å². The number of hydrogen-bond donors (Lipinski definition) is 2. The summed E-state index contributed by atoms with van der Waals surface area (Å²) >= 11 is 0. The van der Waals surface area contributed by atoms with Crippen molar-refractivity contribution in [1.29, 1.82) is 0 Å². The van der Waals surface area contributed by atoms with Crippen LogP contribution in [0.3, 0.4) is 0 Å². The standard InChI is InChI=1S/C8H9N3O5S/c9-5-8(12)10-17(15,16)7-3-1-6(2-4-7)11(13)14/h1-4H,5,9H2,(H,10,12). The van der Waals surface area contributed by atoms with Gasteiger partial charge in [-0.25, -0.2) is 13.1 Å². The normalized spacial score (nSPS) is 10.9. The molecule has 92 valence electrons. The fourth-order valence-corrected chi connectivity index (χ4v) is 1.99. The van der Waals surface area contributed by atoms with E-state index in [1.54, 1.807) is 4.72 Å². The molecule has 1 aromatic rings. The molecule has 9 heteroatoms. The second-order valence-electron chi connectivity index (χ2n) is 2.98. The van der Waals surface area contributed by atoms with Gasteiger partial charge in [0.05, 0.1) is 16.4 Å². The first-order chi connectivity index (χ1) is 7.86.